The summed E-state index contributed by atoms with van der Waals surface area (Å²) in [6.07, 6.45) is 5.55. The maximum Gasteiger partial charge on any atom is 0.0547 e. The van der Waals surface area contributed by atoms with Crippen molar-refractivity contribution >= 4 is 11.4 Å². The molecule has 3 rings (SSSR count). The topological polar surface area (TPSA) is 33.1 Å². The predicted octanol–water partition coefficient (Wildman–Crippen LogP) is 2.98. The Kier molecular flexibility index (Phi) is 3.38. The van der Waals surface area contributed by atoms with Gasteiger partial charge in [-0.2, -0.15) is 5.10 Å². The average Bonchev–Trinajstić information content (AvgIpc) is 2.82. The molecule has 1 aromatic carbocycles. The number of aromatic nitrogens is 2. The van der Waals surface area contributed by atoms with Gasteiger partial charge >= 0.3 is 0 Å². The van der Waals surface area contributed by atoms with Crippen LogP contribution in [0.2, 0.25) is 0 Å². The highest BCUT2D eigenvalue weighted by atomic mass is 15.3. The smallest absolute Gasteiger partial charge is 0.0547 e. The van der Waals surface area contributed by atoms with Crippen molar-refractivity contribution < 1.29 is 0 Å². The Balaban J connectivity index is 1.78. The van der Waals surface area contributed by atoms with Gasteiger partial charge in [0.2, 0.25) is 0 Å². The summed E-state index contributed by atoms with van der Waals surface area (Å²) in [4.78, 5) is 2.11. The highest BCUT2D eigenvalue weighted by Crippen LogP contribution is 2.32. The average molecular weight is 270 g/mol. The second kappa shape index (κ2) is 5.19. The van der Waals surface area contributed by atoms with E-state index in [1.807, 2.05) is 17.9 Å². The number of nitrogens with one attached hydrogen (secondary N) is 1. The molecule has 0 radical (unpaired) electrons. The standard InChI is InChI=1S/C16H22N4/c1-19(2)13-9-7-12(8-10-13)18-15-5-4-6-16-14(15)11-17-20(16)3/h7-11,15,18H,4-6H2,1-3H3. The molecule has 1 unspecified atom stereocenters. The second-order valence-electron chi connectivity index (χ2n) is 5.70. The third-order valence-electron chi connectivity index (χ3n) is 4.10. The van der Waals surface area contributed by atoms with Crippen molar-refractivity contribution in [2.24, 2.45) is 7.05 Å². The van der Waals surface area contributed by atoms with Crippen LogP contribution in [-0.4, -0.2) is 23.9 Å². The van der Waals surface area contributed by atoms with Crippen LogP contribution in [0.1, 0.15) is 30.1 Å². The van der Waals surface area contributed by atoms with Crippen molar-refractivity contribution in [3.8, 4) is 0 Å². The summed E-state index contributed by atoms with van der Waals surface area (Å²) < 4.78 is 2.01. The SMILES string of the molecule is CN(C)c1ccc(NC2CCCc3c2cnn3C)cc1. The molecular formula is C16H22N4. The normalized spacial score (nSPS) is 17.6. The van der Waals surface area contributed by atoms with Crippen LogP contribution in [0.25, 0.3) is 0 Å². The van der Waals surface area contributed by atoms with E-state index >= 15 is 0 Å². The summed E-state index contributed by atoms with van der Waals surface area (Å²) in [6, 6.07) is 8.99. The minimum absolute atomic E-state index is 0.387. The number of hydrogen-bond donors (Lipinski definition) is 1. The molecule has 2 aromatic rings. The second-order valence-corrected chi connectivity index (χ2v) is 5.70. The molecular weight excluding hydrogens is 248 g/mol. The molecule has 0 fully saturated rings. The molecule has 4 heteroatoms. The summed E-state index contributed by atoms with van der Waals surface area (Å²) in [5, 5.41) is 8.04. The van der Waals surface area contributed by atoms with Gasteiger partial charge in [-0.3, -0.25) is 4.68 Å². The number of benzene rings is 1. The van der Waals surface area contributed by atoms with Crippen molar-refractivity contribution in [2.45, 2.75) is 25.3 Å². The largest absolute Gasteiger partial charge is 0.378 e. The van der Waals surface area contributed by atoms with Crippen LogP contribution in [0.15, 0.2) is 30.5 Å². The minimum Gasteiger partial charge on any atom is -0.378 e. The maximum atomic E-state index is 4.40. The zero-order valence-corrected chi connectivity index (χ0v) is 12.4. The van der Waals surface area contributed by atoms with Crippen molar-refractivity contribution in [1.29, 1.82) is 0 Å². The van der Waals surface area contributed by atoms with Gasteiger partial charge in [0.25, 0.3) is 0 Å². The number of aryl methyl sites for hydroxylation is 1. The summed E-state index contributed by atoms with van der Waals surface area (Å²) in [5.41, 5.74) is 5.13. The van der Waals surface area contributed by atoms with E-state index in [1.165, 1.54) is 35.5 Å². The van der Waals surface area contributed by atoms with Gasteiger partial charge in [-0.05, 0) is 43.5 Å². The third kappa shape index (κ3) is 2.38. The van der Waals surface area contributed by atoms with Crippen LogP contribution in [0.3, 0.4) is 0 Å². The van der Waals surface area contributed by atoms with E-state index in [4.69, 9.17) is 0 Å². The summed E-state index contributed by atoms with van der Waals surface area (Å²) >= 11 is 0. The third-order valence-corrected chi connectivity index (χ3v) is 4.10. The molecule has 1 N–H and O–H groups in total. The maximum absolute atomic E-state index is 4.40. The van der Waals surface area contributed by atoms with E-state index in [-0.39, 0.29) is 0 Å². The molecule has 1 heterocycles. The van der Waals surface area contributed by atoms with Gasteiger partial charge < -0.3 is 10.2 Å². The molecule has 1 aliphatic rings. The van der Waals surface area contributed by atoms with Crippen LogP contribution in [0.4, 0.5) is 11.4 Å². The summed E-state index contributed by atoms with van der Waals surface area (Å²) in [7, 11) is 6.16. The van der Waals surface area contributed by atoms with E-state index in [1.54, 1.807) is 0 Å². The van der Waals surface area contributed by atoms with Crippen molar-refractivity contribution in [2.75, 3.05) is 24.3 Å². The molecule has 0 spiro atoms. The van der Waals surface area contributed by atoms with Gasteiger partial charge in [0.15, 0.2) is 0 Å². The number of fused-ring (bicyclic) bond motifs is 1. The fourth-order valence-corrected chi connectivity index (χ4v) is 2.91. The number of anilines is 2. The number of nitrogens with zero attached hydrogens (tertiary/aromatic N) is 3. The molecule has 0 amide bonds. The lowest BCUT2D eigenvalue weighted by Crippen LogP contribution is -2.17. The Morgan fingerprint density at radius 1 is 1.25 bits per heavy atom. The number of hydrogen-bond acceptors (Lipinski definition) is 3. The van der Waals surface area contributed by atoms with Gasteiger partial charge in [0.05, 0.1) is 12.2 Å². The van der Waals surface area contributed by atoms with E-state index in [0.29, 0.717) is 6.04 Å². The Morgan fingerprint density at radius 2 is 2.00 bits per heavy atom. The van der Waals surface area contributed by atoms with Gasteiger partial charge in [0.1, 0.15) is 0 Å². The summed E-state index contributed by atoms with van der Waals surface area (Å²) in [6.45, 7) is 0. The number of rotatable bonds is 3. The minimum atomic E-state index is 0.387. The zero-order valence-electron chi connectivity index (χ0n) is 12.4. The first-order valence-corrected chi connectivity index (χ1v) is 7.20. The Hall–Kier alpha value is -1.97. The first-order chi connectivity index (χ1) is 9.65. The lowest BCUT2D eigenvalue weighted by atomic mass is 9.93. The molecule has 1 aromatic heterocycles. The predicted molar refractivity (Wildman–Crippen MR) is 83.3 cm³/mol. The fraction of sp³-hybridized carbons (Fsp3) is 0.438. The van der Waals surface area contributed by atoms with Crippen molar-refractivity contribution in [1.82, 2.24) is 9.78 Å². The first-order valence-electron chi connectivity index (χ1n) is 7.20. The van der Waals surface area contributed by atoms with Crippen LogP contribution in [0, 0.1) is 0 Å². The summed E-state index contributed by atoms with van der Waals surface area (Å²) in [5.74, 6) is 0. The van der Waals surface area contributed by atoms with Crippen molar-refractivity contribution in [3.05, 3.63) is 41.7 Å². The Labute approximate surface area is 120 Å². The van der Waals surface area contributed by atoms with Crippen LogP contribution in [-0.2, 0) is 13.5 Å². The Bertz CT molecular complexity index is 583. The molecule has 1 aliphatic carbocycles. The van der Waals surface area contributed by atoms with Crippen LogP contribution < -0.4 is 10.2 Å². The van der Waals surface area contributed by atoms with E-state index in [9.17, 15) is 0 Å². The van der Waals surface area contributed by atoms with Gasteiger partial charge in [-0.1, -0.05) is 0 Å². The zero-order chi connectivity index (χ0) is 14.1. The molecule has 0 aliphatic heterocycles. The lowest BCUT2D eigenvalue weighted by Gasteiger charge is -2.25. The van der Waals surface area contributed by atoms with E-state index in [0.717, 1.165) is 6.42 Å². The van der Waals surface area contributed by atoms with Gasteiger partial charge in [0, 0.05) is 43.8 Å². The molecule has 4 nitrogen and oxygen atoms in total. The Morgan fingerprint density at radius 3 is 2.70 bits per heavy atom. The molecule has 0 saturated heterocycles. The lowest BCUT2D eigenvalue weighted by molar-refractivity contribution is 0.571. The monoisotopic (exact) mass is 270 g/mol. The van der Waals surface area contributed by atoms with Gasteiger partial charge in [-0.25, -0.2) is 0 Å². The van der Waals surface area contributed by atoms with E-state index in [2.05, 4.69) is 53.7 Å². The molecule has 0 bridgehead atoms. The van der Waals surface area contributed by atoms with Crippen LogP contribution in [0.5, 0.6) is 0 Å². The first kappa shape index (κ1) is 13.0. The molecule has 1 atom stereocenters. The molecule has 20 heavy (non-hydrogen) atoms. The van der Waals surface area contributed by atoms with E-state index < -0.39 is 0 Å². The van der Waals surface area contributed by atoms with Gasteiger partial charge in [-0.15, -0.1) is 0 Å². The highest BCUT2D eigenvalue weighted by molar-refractivity contribution is 5.55. The molecule has 106 valence electrons. The highest BCUT2D eigenvalue weighted by Gasteiger charge is 2.23. The van der Waals surface area contributed by atoms with Crippen LogP contribution >= 0.6 is 0 Å². The van der Waals surface area contributed by atoms with Crippen molar-refractivity contribution in [3.63, 3.8) is 0 Å². The molecule has 0 saturated carbocycles. The fourth-order valence-electron chi connectivity index (χ4n) is 2.91. The quantitative estimate of drug-likeness (QED) is 0.931.